The standard InChI is InChI=1S/C25H22BrNO3S/c1-30-18-11-9-17(10-12-18)22-23(20-5-3-4-6-21(20)26)27(25(29)24(22)28)15-16-7-13-19(31-2)14-8-16/h3-14,23,28H,15H2,1-2H3. The van der Waals surface area contributed by atoms with Crippen LogP contribution in [-0.2, 0) is 11.3 Å². The third kappa shape index (κ3) is 4.23. The maximum absolute atomic E-state index is 13.2. The van der Waals surface area contributed by atoms with E-state index in [2.05, 4.69) is 15.9 Å². The van der Waals surface area contributed by atoms with Crippen LogP contribution in [-0.4, -0.2) is 29.3 Å². The maximum Gasteiger partial charge on any atom is 0.290 e. The minimum absolute atomic E-state index is 0.216. The van der Waals surface area contributed by atoms with E-state index in [4.69, 9.17) is 4.74 Å². The van der Waals surface area contributed by atoms with E-state index in [1.807, 2.05) is 79.1 Å². The molecule has 4 rings (SSSR count). The summed E-state index contributed by atoms with van der Waals surface area (Å²) in [5.74, 6) is 0.128. The summed E-state index contributed by atoms with van der Waals surface area (Å²) in [6, 6.07) is 23.0. The Balaban J connectivity index is 1.79. The SMILES string of the molecule is COc1ccc(C2=C(O)C(=O)N(Cc3ccc(SC)cc3)C2c2ccccc2Br)cc1. The van der Waals surface area contributed by atoms with Crippen LogP contribution in [0.2, 0.25) is 0 Å². The van der Waals surface area contributed by atoms with Crippen LogP contribution in [0.25, 0.3) is 5.57 Å². The largest absolute Gasteiger partial charge is 0.503 e. The summed E-state index contributed by atoms with van der Waals surface area (Å²) >= 11 is 5.31. The number of benzene rings is 3. The van der Waals surface area contributed by atoms with Gasteiger partial charge in [-0.25, -0.2) is 0 Å². The van der Waals surface area contributed by atoms with Crippen LogP contribution in [0.5, 0.6) is 5.75 Å². The summed E-state index contributed by atoms with van der Waals surface area (Å²) in [6.07, 6.45) is 2.03. The number of amides is 1. The molecule has 0 spiro atoms. The molecule has 4 nitrogen and oxygen atoms in total. The molecule has 0 bridgehead atoms. The fourth-order valence-corrected chi connectivity index (χ4v) is 4.74. The third-order valence-corrected chi connectivity index (χ3v) is 6.88. The first kappa shape index (κ1) is 21.5. The van der Waals surface area contributed by atoms with Gasteiger partial charge in [-0.05, 0) is 53.3 Å². The molecule has 1 heterocycles. The first-order valence-corrected chi connectivity index (χ1v) is 11.8. The molecule has 0 aromatic heterocycles. The summed E-state index contributed by atoms with van der Waals surface area (Å²) in [4.78, 5) is 16.1. The van der Waals surface area contributed by atoms with Crippen molar-refractivity contribution in [1.82, 2.24) is 4.90 Å². The molecule has 1 amide bonds. The van der Waals surface area contributed by atoms with Gasteiger partial charge >= 0.3 is 0 Å². The lowest BCUT2D eigenvalue weighted by atomic mass is 9.93. The van der Waals surface area contributed by atoms with Gasteiger partial charge in [0.1, 0.15) is 5.75 Å². The number of thioether (sulfide) groups is 1. The van der Waals surface area contributed by atoms with E-state index in [0.717, 1.165) is 26.9 Å². The van der Waals surface area contributed by atoms with Crippen LogP contribution < -0.4 is 4.74 Å². The van der Waals surface area contributed by atoms with Gasteiger partial charge in [0.05, 0.1) is 13.2 Å². The number of methoxy groups -OCH3 is 1. The topological polar surface area (TPSA) is 49.8 Å². The number of rotatable bonds is 6. The van der Waals surface area contributed by atoms with Crippen molar-refractivity contribution >= 4 is 39.2 Å². The average molecular weight is 496 g/mol. The molecule has 6 heteroatoms. The van der Waals surface area contributed by atoms with Crippen molar-refractivity contribution in [2.45, 2.75) is 17.5 Å². The molecule has 0 saturated heterocycles. The van der Waals surface area contributed by atoms with E-state index < -0.39 is 6.04 Å². The molecule has 31 heavy (non-hydrogen) atoms. The highest BCUT2D eigenvalue weighted by Gasteiger charge is 2.41. The molecule has 0 saturated carbocycles. The lowest BCUT2D eigenvalue weighted by Gasteiger charge is -2.28. The Morgan fingerprint density at radius 2 is 1.71 bits per heavy atom. The maximum atomic E-state index is 13.2. The van der Waals surface area contributed by atoms with Crippen molar-refractivity contribution in [3.05, 3.63) is 99.7 Å². The van der Waals surface area contributed by atoms with E-state index >= 15 is 0 Å². The predicted molar refractivity (Wildman–Crippen MR) is 128 cm³/mol. The Labute approximate surface area is 194 Å². The third-order valence-electron chi connectivity index (χ3n) is 5.42. The van der Waals surface area contributed by atoms with Crippen molar-refractivity contribution in [3.63, 3.8) is 0 Å². The number of carbonyl (C=O) groups is 1. The second-order valence-corrected chi connectivity index (χ2v) is 8.93. The Hall–Kier alpha value is -2.70. The zero-order valence-corrected chi connectivity index (χ0v) is 19.6. The van der Waals surface area contributed by atoms with E-state index in [1.165, 1.54) is 4.90 Å². The first-order chi connectivity index (χ1) is 15.0. The highest BCUT2D eigenvalue weighted by molar-refractivity contribution is 9.10. The Morgan fingerprint density at radius 3 is 2.32 bits per heavy atom. The summed E-state index contributed by atoms with van der Waals surface area (Å²) in [7, 11) is 1.61. The van der Waals surface area contributed by atoms with Crippen LogP contribution in [0, 0.1) is 0 Å². The first-order valence-electron chi connectivity index (χ1n) is 9.79. The van der Waals surface area contributed by atoms with Gasteiger partial charge in [0.2, 0.25) is 0 Å². The van der Waals surface area contributed by atoms with Crippen molar-refractivity contribution in [2.75, 3.05) is 13.4 Å². The van der Waals surface area contributed by atoms with E-state index in [1.54, 1.807) is 23.8 Å². The highest BCUT2D eigenvalue weighted by atomic mass is 79.9. The Kier molecular flexibility index (Phi) is 6.39. The molecule has 1 aliphatic heterocycles. The molecule has 3 aromatic carbocycles. The van der Waals surface area contributed by atoms with Gasteiger partial charge in [0.15, 0.2) is 5.76 Å². The summed E-state index contributed by atoms with van der Waals surface area (Å²) in [6.45, 7) is 0.392. The lowest BCUT2D eigenvalue weighted by Crippen LogP contribution is -2.30. The molecule has 1 N–H and O–H groups in total. The van der Waals surface area contributed by atoms with Gasteiger partial charge in [0, 0.05) is 21.5 Å². The number of aliphatic hydroxyl groups excluding tert-OH is 1. The lowest BCUT2D eigenvalue weighted by molar-refractivity contribution is -0.130. The number of halogens is 1. The van der Waals surface area contributed by atoms with Gasteiger partial charge in [-0.15, -0.1) is 11.8 Å². The van der Waals surface area contributed by atoms with Gasteiger partial charge < -0.3 is 14.7 Å². The number of nitrogens with zero attached hydrogens (tertiary/aromatic N) is 1. The zero-order valence-electron chi connectivity index (χ0n) is 17.2. The molecule has 0 aliphatic carbocycles. The molecule has 1 unspecified atom stereocenters. The second kappa shape index (κ2) is 9.20. The molecule has 1 atom stereocenters. The van der Waals surface area contributed by atoms with Crippen molar-refractivity contribution in [2.24, 2.45) is 0 Å². The monoisotopic (exact) mass is 495 g/mol. The van der Waals surface area contributed by atoms with Gasteiger partial charge in [0.25, 0.3) is 5.91 Å². The normalized spacial score (nSPS) is 16.2. The zero-order chi connectivity index (χ0) is 22.0. The number of carbonyl (C=O) groups excluding carboxylic acids is 1. The number of ether oxygens (including phenoxy) is 1. The summed E-state index contributed by atoms with van der Waals surface area (Å²) in [5.41, 5.74) is 3.31. The Morgan fingerprint density at radius 1 is 1.03 bits per heavy atom. The minimum atomic E-state index is -0.420. The fourth-order valence-electron chi connectivity index (χ4n) is 3.83. The van der Waals surface area contributed by atoms with Gasteiger partial charge in [-0.3, -0.25) is 4.79 Å². The number of aliphatic hydroxyl groups is 1. The quantitative estimate of drug-likeness (QED) is 0.411. The van der Waals surface area contributed by atoms with Crippen LogP contribution >= 0.6 is 27.7 Å². The van der Waals surface area contributed by atoms with E-state index in [0.29, 0.717) is 12.1 Å². The smallest absolute Gasteiger partial charge is 0.290 e. The predicted octanol–water partition coefficient (Wildman–Crippen LogP) is 6.23. The van der Waals surface area contributed by atoms with Gasteiger partial charge in [-0.2, -0.15) is 0 Å². The van der Waals surface area contributed by atoms with Crippen LogP contribution in [0.4, 0.5) is 0 Å². The molecule has 0 radical (unpaired) electrons. The van der Waals surface area contributed by atoms with Crippen LogP contribution in [0.15, 0.2) is 87.9 Å². The molecular formula is C25H22BrNO3S. The molecule has 1 aliphatic rings. The summed E-state index contributed by atoms with van der Waals surface area (Å²) in [5, 5.41) is 10.9. The molecular weight excluding hydrogens is 474 g/mol. The van der Waals surface area contributed by atoms with Crippen LogP contribution in [0.3, 0.4) is 0 Å². The van der Waals surface area contributed by atoms with Crippen molar-refractivity contribution < 1.29 is 14.6 Å². The fraction of sp³-hybridized carbons (Fsp3) is 0.160. The van der Waals surface area contributed by atoms with Gasteiger partial charge in [-0.1, -0.05) is 58.4 Å². The molecule has 3 aromatic rings. The molecule has 158 valence electrons. The van der Waals surface area contributed by atoms with Crippen LogP contribution in [0.1, 0.15) is 22.7 Å². The highest BCUT2D eigenvalue weighted by Crippen LogP contribution is 2.45. The average Bonchev–Trinajstić information content (AvgIpc) is 3.05. The van der Waals surface area contributed by atoms with Crippen molar-refractivity contribution in [3.8, 4) is 5.75 Å². The number of hydrogen-bond acceptors (Lipinski definition) is 4. The van der Waals surface area contributed by atoms with E-state index in [9.17, 15) is 9.90 Å². The minimum Gasteiger partial charge on any atom is -0.503 e. The van der Waals surface area contributed by atoms with Crippen molar-refractivity contribution in [1.29, 1.82) is 0 Å². The van der Waals surface area contributed by atoms with E-state index in [-0.39, 0.29) is 11.7 Å². The molecule has 0 fully saturated rings. The number of hydrogen-bond donors (Lipinski definition) is 1. The Bertz CT molecular complexity index is 1130. The summed E-state index contributed by atoms with van der Waals surface area (Å²) < 4.78 is 6.15. The second-order valence-electron chi connectivity index (χ2n) is 7.20.